The minimum Gasteiger partial charge on any atom is -0.313 e. The predicted molar refractivity (Wildman–Crippen MR) is 72.1 cm³/mol. The van der Waals surface area contributed by atoms with Gasteiger partial charge in [-0.05, 0) is 31.2 Å². The van der Waals surface area contributed by atoms with Crippen LogP contribution in [0, 0.1) is 11.8 Å². The Morgan fingerprint density at radius 2 is 1.94 bits per heavy atom. The Morgan fingerprint density at radius 1 is 1.31 bits per heavy atom. The average molecular weight is 245 g/mol. The molecule has 1 saturated carbocycles. The summed E-state index contributed by atoms with van der Waals surface area (Å²) in [6, 6.07) is 0.451. The van der Waals surface area contributed by atoms with Gasteiger partial charge in [-0.2, -0.15) is 0 Å². The molecule has 0 amide bonds. The molecule has 0 aromatic rings. The van der Waals surface area contributed by atoms with E-state index in [0.29, 0.717) is 17.2 Å². The molecule has 1 fully saturated rings. The van der Waals surface area contributed by atoms with Crippen LogP contribution in [0.15, 0.2) is 0 Å². The molecule has 0 heterocycles. The van der Waals surface area contributed by atoms with Crippen LogP contribution in [0.4, 0.5) is 0 Å². The third-order valence-corrected chi connectivity index (χ3v) is 5.85. The van der Waals surface area contributed by atoms with E-state index in [1.807, 2.05) is 0 Å². The van der Waals surface area contributed by atoms with Crippen molar-refractivity contribution in [2.75, 3.05) is 6.54 Å². The molecule has 2 nitrogen and oxygen atoms in total. The van der Waals surface area contributed by atoms with Crippen molar-refractivity contribution in [3.8, 4) is 0 Å². The molecule has 16 heavy (non-hydrogen) atoms. The Hall–Kier alpha value is 0.110. The molecule has 0 bridgehead atoms. The van der Waals surface area contributed by atoms with Crippen LogP contribution in [-0.2, 0) is 10.8 Å². The van der Waals surface area contributed by atoms with Crippen molar-refractivity contribution in [3.63, 3.8) is 0 Å². The van der Waals surface area contributed by atoms with E-state index < -0.39 is 10.8 Å². The van der Waals surface area contributed by atoms with Gasteiger partial charge in [0.25, 0.3) is 0 Å². The summed E-state index contributed by atoms with van der Waals surface area (Å²) in [6.45, 7) is 11.9. The van der Waals surface area contributed by atoms with Gasteiger partial charge < -0.3 is 5.32 Å². The van der Waals surface area contributed by atoms with Crippen LogP contribution >= 0.6 is 0 Å². The minimum atomic E-state index is -0.697. The first kappa shape index (κ1) is 14.2. The summed E-state index contributed by atoms with van der Waals surface area (Å²) >= 11 is 0. The first-order valence-corrected chi connectivity index (χ1v) is 7.87. The third kappa shape index (κ3) is 3.30. The highest BCUT2D eigenvalue weighted by molar-refractivity contribution is 7.86. The van der Waals surface area contributed by atoms with Gasteiger partial charge in [0.1, 0.15) is 0 Å². The maximum absolute atomic E-state index is 12.4. The fourth-order valence-electron chi connectivity index (χ4n) is 3.00. The fourth-order valence-corrected chi connectivity index (χ4v) is 4.72. The molecular formula is C13H27NOS. The van der Waals surface area contributed by atoms with Crippen LogP contribution in [0.5, 0.6) is 0 Å². The molecule has 5 unspecified atom stereocenters. The molecule has 0 aliphatic heterocycles. The van der Waals surface area contributed by atoms with Crippen molar-refractivity contribution >= 4 is 10.8 Å². The molecule has 1 aliphatic carbocycles. The molecule has 0 spiro atoms. The molecule has 0 aromatic heterocycles. The van der Waals surface area contributed by atoms with Gasteiger partial charge >= 0.3 is 0 Å². The second kappa shape index (κ2) is 6.15. The molecule has 96 valence electrons. The minimum absolute atomic E-state index is 0.280. The van der Waals surface area contributed by atoms with Crippen LogP contribution in [-0.4, -0.2) is 27.3 Å². The molecule has 5 atom stereocenters. The van der Waals surface area contributed by atoms with E-state index in [4.69, 9.17) is 0 Å². The van der Waals surface area contributed by atoms with E-state index in [0.717, 1.165) is 12.5 Å². The fraction of sp³-hybridized carbons (Fsp3) is 1.00. The van der Waals surface area contributed by atoms with Crippen molar-refractivity contribution in [2.45, 2.75) is 64.0 Å². The highest BCUT2D eigenvalue weighted by Crippen LogP contribution is 2.33. The lowest BCUT2D eigenvalue weighted by Gasteiger charge is -2.40. The Bertz CT molecular complexity index is 242. The summed E-state index contributed by atoms with van der Waals surface area (Å²) in [5.41, 5.74) is 0. The zero-order valence-corrected chi connectivity index (χ0v) is 12.1. The number of hydrogen-bond donors (Lipinski definition) is 1. The van der Waals surface area contributed by atoms with Crippen molar-refractivity contribution < 1.29 is 4.21 Å². The van der Waals surface area contributed by atoms with Crippen molar-refractivity contribution in [1.82, 2.24) is 5.32 Å². The van der Waals surface area contributed by atoms with E-state index in [9.17, 15) is 4.21 Å². The largest absolute Gasteiger partial charge is 0.313 e. The zero-order valence-electron chi connectivity index (χ0n) is 11.3. The van der Waals surface area contributed by atoms with Crippen LogP contribution in [0.25, 0.3) is 0 Å². The summed E-state index contributed by atoms with van der Waals surface area (Å²) in [5.74, 6) is 1.34. The Morgan fingerprint density at radius 3 is 2.44 bits per heavy atom. The molecule has 0 saturated heterocycles. The van der Waals surface area contributed by atoms with Gasteiger partial charge in [-0.1, -0.05) is 34.6 Å². The second-order valence-corrected chi connectivity index (χ2v) is 7.70. The monoisotopic (exact) mass is 245 g/mol. The molecular weight excluding hydrogens is 218 g/mol. The quantitative estimate of drug-likeness (QED) is 0.825. The summed E-state index contributed by atoms with van der Waals surface area (Å²) in [4.78, 5) is 0. The number of nitrogens with one attached hydrogen (secondary N) is 1. The molecule has 1 aliphatic rings. The molecule has 0 radical (unpaired) electrons. The summed E-state index contributed by atoms with van der Waals surface area (Å²) < 4.78 is 12.4. The molecule has 1 N–H and O–H groups in total. The van der Waals surface area contributed by atoms with Gasteiger partial charge in [-0.15, -0.1) is 0 Å². The van der Waals surface area contributed by atoms with Gasteiger partial charge in [0.15, 0.2) is 0 Å². The van der Waals surface area contributed by atoms with E-state index in [1.165, 1.54) is 12.8 Å². The molecule has 3 heteroatoms. The van der Waals surface area contributed by atoms with Crippen LogP contribution in [0.3, 0.4) is 0 Å². The third-order valence-electron chi connectivity index (χ3n) is 3.59. The van der Waals surface area contributed by atoms with E-state index in [2.05, 4.69) is 39.9 Å². The molecule has 0 aromatic carbocycles. The lowest BCUT2D eigenvalue weighted by atomic mass is 9.80. The van der Waals surface area contributed by atoms with E-state index in [1.54, 1.807) is 0 Å². The van der Waals surface area contributed by atoms with Crippen molar-refractivity contribution in [3.05, 3.63) is 0 Å². The molecule has 1 rings (SSSR count). The van der Waals surface area contributed by atoms with Crippen LogP contribution < -0.4 is 5.32 Å². The standard InChI is InChI=1S/C13H27NOS/c1-6-14-12-8-10(4)7-11(5)13(12)16(15)9(2)3/h9-14H,6-8H2,1-5H3. The summed E-state index contributed by atoms with van der Waals surface area (Å²) in [7, 11) is -0.697. The smallest absolute Gasteiger partial charge is 0.0529 e. The average Bonchev–Trinajstić information content (AvgIpc) is 2.16. The zero-order chi connectivity index (χ0) is 12.3. The maximum atomic E-state index is 12.4. The first-order valence-electron chi connectivity index (χ1n) is 6.60. The van der Waals surface area contributed by atoms with Gasteiger partial charge in [0, 0.05) is 22.1 Å². The van der Waals surface area contributed by atoms with Gasteiger partial charge in [-0.25, -0.2) is 0 Å². The number of rotatable bonds is 4. The Kier molecular flexibility index (Phi) is 5.45. The Balaban J connectivity index is 2.78. The van der Waals surface area contributed by atoms with Crippen LogP contribution in [0.2, 0.25) is 0 Å². The summed E-state index contributed by atoms with van der Waals surface area (Å²) in [6.07, 6.45) is 2.41. The predicted octanol–water partition coefficient (Wildman–Crippen LogP) is 2.56. The van der Waals surface area contributed by atoms with Gasteiger partial charge in [-0.3, -0.25) is 4.21 Å². The summed E-state index contributed by atoms with van der Waals surface area (Å²) in [5, 5.41) is 4.16. The van der Waals surface area contributed by atoms with E-state index in [-0.39, 0.29) is 5.25 Å². The maximum Gasteiger partial charge on any atom is 0.0529 e. The first-order chi connectivity index (χ1) is 7.47. The number of hydrogen-bond acceptors (Lipinski definition) is 2. The topological polar surface area (TPSA) is 29.1 Å². The van der Waals surface area contributed by atoms with Crippen molar-refractivity contribution in [1.29, 1.82) is 0 Å². The van der Waals surface area contributed by atoms with Gasteiger partial charge in [0.2, 0.25) is 0 Å². The normalized spacial score (nSPS) is 37.6. The SMILES string of the molecule is CCNC1CC(C)CC(C)C1S(=O)C(C)C. The second-order valence-electron chi connectivity index (χ2n) is 5.56. The highest BCUT2D eigenvalue weighted by atomic mass is 32.2. The van der Waals surface area contributed by atoms with E-state index >= 15 is 0 Å². The van der Waals surface area contributed by atoms with Crippen molar-refractivity contribution in [2.24, 2.45) is 11.8 Å². The lowest BCUT2D eigenvalue weighted by Crippen LogP contribution is -2.51. The highest BCUT2D eigenvalue weighted by Gasteiger charge is 2.37. The van der Waals surface area contributed by atoms with Crippen LogP contribution in [0.1, 0.15) is 47.5 Å². The lowest BCUT2D eigenvalue weighted by molar-refractivity contribution is 0.247. The van der Waals surface area contributed by atoms with Gasteiger partial charge in [0.05, 0.1) is 5.25 Å². The Labute approximate surface area is 103 Å².